The van der Waals surface area contributed by atoms with Crippen molar-refractivity contribution in [2.45, 2.75) is 25.0 Å². The van der Waals surface area contributed by atoms with Crippen LogP contribution in [0.25, 0.3) is 0 Å². The number of hydrogen-bond acceptors (Lipinski definition) is 5. The Morgan fingerprint density at radius 2 is 1.87 bits per heavy atom. The topological polar surface area (TPSA) is 68.2 Å². The number of hydroxylamine groups is 2. The number of ether oxygens (including phenoxy) is 2. The van der Waals surface area contributed by atoms with Gasteiger partial charge in [-0.2, -0.15) is 0 Å². The maximum atomic E-state index is 10.3. The fraction of sp³-hybridized carbons (Fsp3) is 0.889. The van der Waals surface area contributed by atoms with Crippen LogP contribution in [0.15, 0.2) is 0 Å². The highest BCUT2D eigenvalue weighted by atomic mass is 16.8. The monoisotopic (exact) mass is 217 g/mol. The molecule has 15 heavy (non-hydrogen) atoms. The van der Waals surface area contributed by atoms with E-state index in [1.807, 2.05) is 0 Å². The summed E-state index contributed by atoms with van der Waals surface area (Å²) in [5.74, 6) is -0.489. The van der Waals surface area contributed by atoms with Crippen LogP contribution < -0.4 is 0 Å². The molecule has 2 fully saturated rings. The largest absolute Gasteiger partial charge is 0.525 e. The van der Waals surface area contributed by atoms with Crippen LogP contribution in [-0.2, 0) is 14.3 Å². The summed E-state index contributed by atoms with van der Waals surface area (Å²) in [6, 6.07) is 0. The second kappa shape index (κ2) is 4.34. The summed E-state index contributed by atoms with van der Waals surface area (Å²) < 4.78 is 11.2. The van der Waals surface area contributed by atoms with Gasteiger partial charge in [0.25, 0.3) is 0 Å². The molecule has 0 saturated carbocycles. The predicted octanol–water partition coefficient (Wildman–Crippen LogP) is 0.825. The molecule has 1 spiro atoms. The van der Waals surface area contributed by atoms with Gasteiger partial charge < -0.3 is 19.4 Å². The lowest BCUT2D eigenvalue weighted by molar-refractivity contribution is -0.300. The fourth-order valence-corrected chi connectivity index (χ4v) is 1.93. The first-order chi connectivity index (χ1) is 7.20. The third-order valence-electron chi connectivity index (χ3n) is 2.71. The molecule has 6 nitrogen and oxygen atoms in total. The van der Waals surface area contributed by atoms with E-state index in [2.05, 4.69) is 4.84 Å². The molecular formula is C9H15NO5. The maximum Gasteiger partial charge on any atom is 0.525 e. The van der Waals surface area contributed by atoms with Gasteiger partial charge in [-0.15, -0.1) is 5.06 Å². The van der Waals surface area contributed by atoms with Gasteiger partial charge in [0.15, 0.2) is 5.79 Å². The van der Waals surface area contributed by atoms with Crippen molar-refractivity contribution in [3.63, 3.8) is 0 Å². The second-order valence-corrected chi connectivity index (χ2v) is 3.75. The van der Waals surface area contributed by atoms with E-state index in [1.54, 1.807) is 0 Å². The van der Waals surface area contributed by atoms with E-state index >= 15 is 0 Å². The van der Waals surface area contributed by atoms with Gasteiger partial charge in [-0.1, -0.05) is 0 Å². The molecule has 0 amide bonds. The molecule has 2 saturated heterocycles. The summed E-state index contributed by atoms with van der Waals surface area (Å²) in [6.07, 6.45) is 0.967. The smallest absolute Gasteiger partial charge is 0.448 e. The molecule has 0 aromatic rings. The molecule has 0 bridgehead atoms. The van der Waals surface area contributed by atoms with Crippen LogP contribution in [0, 0.1) is 0 Å². The van der Waals surface area contributed by atoms with Gasteiger partial charge >= 0.3 is 6.16 Å². The summed E-state index contributed by atoms with van der Waals surface area (Å²) in [7, 11) is 0. The molecule has 0 aromatic heterocycles. The minimum absolute atomic E-state index is 0.489. The maximum absolute atomic E-state index is 10.3. The van der Waals surface area contributed by atoms with Crippen LogP contribution in [0.1, 0.15) is 19.3 Å². The highest BCUT2D eigenvalue weighted by Gasteiger charge is 2.39. The van der Waals surface area contributed by atoms with Crippen LogP contribution >= 0.6 is 0 Å². The Morgan fingerprint density at radius 1 is 1.27 bits per heavy atom. The molecule has 2 rings (SSSR count). The third kappa shape index (κ3) is 2.58. The van der Waals surface area contributed by atoms with Crippen molar-refractivity contribution >= 4 is 6.16 Å². The van der Waals surface area contributed by atoms with E-state index in [4.69, 9.17) is 14.6 Å². The highest BCUT2D eigenvalue weighted by Crippen LogP contribution is 2.30. The molecule has 86 valence electrons. The summed E-state index contributed by atoms with van der Waals surface area (Å²) in [5, 5.41) is 9.87. The predicted molar refractivity (Wildman–Crippen MR) is 49.2 cm³/mol. The molecular weight excluding hydrogens is 202 g/mol. The summed E-state index contributed by atoms with van der Waals surface area (Å²) >= 11 is 0. The van der Waals surface area contributed by atoms with E-state index in [1.165, 1.54) is 5.06 Å². The zero-order chi connectivity index (χ0) is 10.7. The first kappa shape index (κ1) is 10.7. The first-order valence-corrected chi connectivity index (χ1v) is 5.14. The Balaban J connectivity index is 1.82. The van der Waals surface area contributed by atoms with Gasteiger partial charge in [0.05, 0.1) is 13.2 Å². The number of nitrogens with zero attached hydrogens (tertiary/aromatic N) is 1. The Morgan fingerprint density at radius 3 is 2.40 bits per heavy atom. The van der Waals surface area contributed by atoms with E-state index in [0.29, 0.717) is 25.9 Å². The van der Waals surface area contributed by atoms with Crippen molar-refractivity contribution in [1.29, 1.82) is 0 Å². The lowest BCUT2D eigenvalue weighted by atomic mass is 10.0. The van der Waals surface area contributed by atoms with Crippen LogP contribution in [0.4, 0.5) is 4.79 Å². The van der Waals surface area contributed by atoms with Crippen molar-refractivity contribution in [1.82, 2.24) is 5.06 Å². The third-order valence-corrected chi connectivity index (χ3v) is 2.71. The number of carbonyl (C=O) groups is 1. The van der Waals surface area contributed by atoms with Gasteiger partial charge in [-0.05, 0) is 6.42 Å². The zero-order valence-electron chi connectivity index (χ0n) is 8.48. The van der Waals surface area contributed by atoms with Crippen molar-refractivity contribution in [3.8, 4) is 0 Å². The Labute approximate surface area is 87.7 Å². The Kier molecular flexibility index (Phi) is 3.08. The van der Waals surface area contributed by atoms with Gasteiger partial charge in [-0.25, -0.2) is 4.79 Å². The molecule has 2 aliphatic heterocycles. The van der Waals surface area contributed by atoms with Crippen molar-refractivity contribution in [2.75, 3.05) is 26.3 Å². The molecule has 0 unspecified atom stereocenters. The molecule has 2 aliphatic rings. The lowest BCUT2D eigenvalue weighted by Crippen LogP contribution is -2.50. The first-order valence-electron chi connectivity index (χ1n) is 5.14. The highest BCUT2D eigenvalue weighted by molar-refractivity contribution is 5.56. The standard InChI is InChI=1S/C9H15NO5/c11-8(12)15-10-4-2-9(3-5-10)13-6-1-7-14-9/h1-7H2,(H,11,12). The minimum Gasteiger partial charge on any atom is -0.448 e. The molecule has 0 aliphatic carbocycles. The van der Waals surface area contributed by atoms with Gasteiger partial charge in [0, 0.05) is 25.9 Å². The van der Waals surface area contributed by atoms with E-state index in [9.17, 15) is 4.79 Å². The molecule has 0 radical (unpaired) electrons. The number of carboxylic acid groups (broad SMARTS) is 1. The van der Waals surface area contributed by atoms with Gasteiger partial charge in [-0.3, -0.25) is 0 Å². The number of rotatable bonds is 1. The number of hydrogen-bond donors (Lipinski definition) is 1. The molecule has 0 atom stereocenters. The molecule has 2 heterocycles. The van der Waals surface area contributed by atoms with E-state index in [-0.39, 0.29) is 0 Å². The molecule has 0 aromatic carbocycles. The Hall–Kier alpha value is -0.850. The van der Waals surface area contributed by atoms with E-state index in [0.717, 1.165) is 19.6 Å². The zero-order valence-corrected chi connectivity index (χ0v) is 8.48. The fourth-order valence-electron chi connectivity index (χ4n) is 1.93. The SMILES string of the molecule is O=C(O)ON1CCC2(CC1)OCCCO2. The number of piperidine rings is 1. The van der Waals surface area contributed by atoms with Crippen molar-refractivity contribution in [3.05, 3.63) is 0 Å². The summed E-state index contributed by atoms with van der Waals surface area (Å²) in [4.78, 5) is 14.9. The minimum atomic E-state index is -1.27. The van der Waals surface area contributed by atoms with Crippen LogP contribution in [0.2, 0.25) is 0 Å². The second-order valence-electron chi connectivity index (χ2n) is 3.75. The average Bonchev–Trinajstić information content (AvgIpc) is 2.23. The van der Waals surface area contributed by atoms with Gasteiger partial charge in [0.1, 0.15) is 0 Å². The average molecular weight is 217 g/mol. The quantitative estimate of drug-likeness (QED) is 0.701. The van der Waals surface area contributed by atoms with Crippen molar-refractivity contribution in [2.24, 2.45) is 0 Å². The van der Waals surface area contributed by atoms with Gasteiger partial charge in [0.2, 0.25) is 0 Å². The van der Waals surface area contributed by atoms with Crippen LogP contribution in [0.3, 0.4) is 0 Å². The summed E-state index contributed by atoms with van der Waals surface area (Å²) in [5.41, 5.74) is 0. The normalized spacial score (nSPS) is 26.4. The lowest BCUT2D eigenvalue weighted by Gasteiger charge is -2.42. The molecule has 1 N–H and O–H groups in total. The van der Waals surface area contributed by atoms with Crippen LogP contribution in [-0.4, -0.2) is 48.4 Å². The van der Waals surface area contributed by atoms with Crippen molar-refractivity contribution < 1.29 is 24.2 Å². The van der Waals surface area contributed by atoms with Crippen LogP contribution in [0.5, 0.6) is 0 Å². The summed E-state index contributed by atoms with van der Waals surface area (Å²) in [6.45, 7) is 2.48. The Bertz CT molecular complexity index is 229. The van der Waals surface area contributed by atoms with E-state index < -0.39 is 11.9 Å². The molecule has 6 heteroatoms.